The lowest BCUT2D eigenvalue weighted by atomic mass is 10.1. The Labute approximate surface area is 178 Å². The largest absolute Gasteiger partial charge is 0.283 e. The number of rotatable bonds is 7. The maximum atomic E-state index is 13.3. The van der Waals surface area contributed by atoms with Crippen molar-refractivity contribution < 1.29 is 4.79 Å². The third-order valence-corrected chi connectivity index (χ3v) is 6.45. The fourth-order valence-electron chi connectivity index (χ4n) is 3.05. The van der Waals surface area contributed by atoms with E-state index < -0.39 is 0 Å². The molecule has 0 unspecified atom stereocenters. The first-order valence-electron chi connectivity index (χ1n) is 9.49. The van der Waals surface area contributed by atoms with E-state index in [1.807, 2.05) is 48.5 Å². The molecule has 29 heavy (non-hydrogen) atoms. The Bertz CT molecular complexity index is 1060. The summed E-state index contributed by atoms with van der Waals surface area (Å²) < 4.78 is 1.08. The Hall–Kier alpha value is -2.70. The van der Waals surface area contributed by atoms with Crippen LogP contribution in [0.4, 0.5) is 5.13 Å². The van der Waals surface area contributed by atoms with Gasteiger partial charge in [-0.2, -0.15) is 0 Å². The first-order chi connectivity index (χ1) is 14.2. The van der Waals surface area contributed by atoms with Gasteiger partial charge in [0, 0.05) is 17.3 Å². The van der Waals surface area contributed by atoms with Crippen LogP contribution >= 0.6 is 23.1 Å². The number of fused-ring (bicyclic) bond motifs is 1. The van der Waals surface area contributed by atoms with Gasteiger partial charge < -0.3 is 0 Å². The molecule has 0 N–H and O–H groups in total. The number of hydrogen-bond donors (Lipinski definition) is 0. The molecule has 0 atom stereocenters. The van der Waals surface area contributed by atoms with Crippen LogP contribution in [0.2, 0.25) is 0 Å². The van der Waals surface area contributed by atoms with E-state index in [1.54, 1.807) is 40.4 Å². The summed E-state index contributed by atoms with van der Waals surface area (Å²) in [5.74, 6) is 1.08. The van der Waals surface area contributed by atoms with Gasteiger partial charge in [0.2, 0.25) is 5.91 Å². The molecule has 2 aromatic heterocycles. The van der Waals surface area contributed by atoms with Crippen molar-refractivity contribution >= 4 is 44.4 Å². The Kier molecular flexibility index (Phi) is 6.22. The Balaban J connectivity index is 1.61. The lowest BCUT2D eigenvalue weighted by molar-refractivity contribution is -0.118. The van der Waals surface area contributed by atoms with Gasteiger partial charge in [-0.15, -0.1) is 11.8 Å². The molecule has 146 valence electrons. The van der Waals surface area contributed by atoms with Crippen molar-refractivity contribution in [1.29, 1.82) is 0 Å². The van der Waals surface area contributed by atoms with Gasteiger partial charge in [0.25, 0.3) is 0 Å². The fraction of sp³-hybridized carbons (Fsp3) is 0.174. The number of aromatic nitrogens is 2. The second-order valence-corrected chi connectivity index (χ2v) is 8.90. The van der Waals surface area contributed by atoms with Crippen molar-refractivity contribution in [2.75, 3.05) is 10.7 Å². The van der Waals surface area contributed by atoms with Gasteiger partial charge in [0.1, 0.15) is 0 Å². The molecule has 0 radical (unpaired) electrons. The molecule has 2 heterocycles. The van der Waals surface area contributed by atoms with Crippen LogP contribution in [-0.2, 0) is 17.8 Å². The zero-order chi connectivity index (χ0) is 20.1. The first kappa shape index (κ1) is 19.6. The number of pyridine rings is 1. The SMILES string of the molecule is CCSc1ccc(CC(=O)N(Cc2ccncc2)c2nc3ccccc3s2)cc1. The lowest BCUT2D eigenvalue weighted by Gasteiger charge is -2.20. The summed E-state index contributed by atoms with van der Waals surface area (Å²) in [6, 6.07) is 20.1. The zero-order valence-corrected chi connectivity index (χ0v) is 17.7. The molecule has 0 aliphatic carbocycles. The predicted molar refractivity (Wildman–Crippen MR) is 122 cm³/mol. The maximum absolute atomic E-state index is 13.3. The molecular formula is C23H21N3OS2. The summed E-state index contributed by atoms with van der Waals surface area (Å²) in [6.07, 6.45) is 3.85. The molecule has 0 fully saturated rings. The van der Waals surface area contributed by atoms with Crippen molar-refractivity contribution in [1.82, 2.24) is 9.97 Å². The van der Waals surface area contributed by atoms with E-state index in [0.29, 0.717) is 13.0 Å². The number of anilines is 1. The molecule has 0 spiro atoms. The van der Waals surface area contributed by atoms with Crippen molar-refractivity contribution in [3.05, 3.63) is 84.2 Å². The van der Waals surface area contributed by atoms with Crippen LogP contribution in [0.15, 0.2) is 78.0 Å². The number of thioether (sulfide) groups is 1. The highest BCUT2D eigenvalue weighted by molar-refractivity contribution is 7.99. The molecule has 0 bridgehead atoms. The minimum atomic E-state index is 0.0387. The summed E-state index contributed by atoms with van der Waals surface area (Å²) in [5.41, 5.74) is 2.96. The molecule has 1 amide bonds. The second-order valence-electron chi connectivity index (χ2n) is 6.55. The molecule has 4 rings (SSSR count). The van der Waals surface area contributed by atoms with Crippen molar-refractivity contribution in [2.24, 2.45) is 0 Å². The first-order valence-corrected chi connectivity index (χ1v) is 11.3. The van der Waals surface area contributed by atoms with Crippen LogP contribution < -0.4 is 4.90 Å². The Morgan fingerprint density at radius 3 is 2.48 bits per heavy atom. The minimum absolute atomic E-state index is 0.0387. The van der Waals surface area contributed by atoms with E-state index in [1.165, 1.54) is 4.90 Å². The molecule has 6 heteroatoms. The Morgan fingerprint density at radius 1 is 1.00 bits per heavy atom. The van der Waals surface area contributed by atoms with E-state index in [4.69, 9.17) is 4.98 Å². The van der Waals surface area contributed by atoms with Crippen LogP contribution in [0.5, 0.6) is 0 Å². The molecule has 0 saturated carbocycles. The van der Waals surface area contributed by atoms with Crippen molar-refractivity contribution in [3.63, 3.8) is 0 Å². The van der Waals surface area contributed by atoms with Gasteiger partial charge in [-0.25, -0.2) is 4.98 Å². The summed E-state index contributed by atoms with van der Waals surface area (Å²) in [4.78, 5) is 25.1. The average Bonchev–Trinajstić information content (AvgIpc) is 3.18. The number of carbonyl (C=O) groups is 1. The number of carbonyl (C=O) groups excluding carboxylic acids is 1. The number of para-hydroxylation sites is 1. The third kappa shape index (κ3) is 4.83. The van der Waals surface area contributed by atoms with E-state index in [-0.39, 0.29) is 5.91 Å². The van der Waals surface area contributed by atoms with Crippen LogP contribution in [0.25, 0.3) is 10.2 Å². The van der Waals surface area contributed by atoms with E-state index in [0.717, 1.165) is 32.2 Å². The quantitative estimate of drug-likeness (QED) is 0.367. The smallest absolute Gasteiger partial charge is 0.233 e. The van der Waals surface area contributed by atoms with Gasteiger partial charge in [-0.3, -0.25) is 14.7 Å². The average molecular weight is 420 g/mol. The van der Waals surface area contributed by atoms with Crippen LogP contribution in [-0.4, -0.2) is 21.6 Å². The van der Waals surface area contributed by atoms with Crippen molar-refractivity contribution in [2.45, 2.75) is 24.8 Å². The molecule has 0 aliphatic rings. The van der Waals surface area contributed by atoms with E-state index >= 15 is 0 Å². The highest BCUT2D eigenvalue weighted by atomic mass is 32.2. The number of nitrogens with zero attached hydrogens (tertiary/aromatic N) is 3. The number of thiazole rings is 1. The second kappa shape index (κ2) is 9.20. The normalized spacial score (nSPS) is 10.9. The molecule has 0 saturated heterocycles. The summed E-state index contributed by atoms with van der Waals surface area (Å²) in [6.45, 7) is 2.61. The lowest BCUT2D eigenvalue weighted by Crippen LogP contribution is -2.31. The summed E-state index contributed by atoms with van der Waals surface area (Å²) >= 11 is 3.35. The topological polar surface area (TPSA) is 46.1 Å². The molecule has 4 nitrogen and oxygen atoms in total. The van der Waals surface area contributed by atoms with Gasteiger partial charge >= 0.3 is 0 Å². The van der Waals surface area contributed by atoms with Gasteiger partial charge in [0.15, 0.2) is 5.13 Å². The predicted octanol–water partition coefficient (Wildman–Crippen LogP) is 5.58. The Morgan fingerprint density at radius 2 is 1.76 bits per heavy atom. The fourth-order valence-corrected chi connectivity index (χ4v) is 4.69. The molecule has 0 aliphatic heterocycles. The standard InChI is InChI=1S/C23H21N3OS2/c1-2-28-19-9-7-17(8-10-19)15-22(27)26(16-18-11-13-24-14-12-18)23-25-20-5-3-4-6-21(20)29-23/h3-14H,2,15-16H2,1H3. The van der Waals surface area contributed by atoms with Crippen molar-refractivity contribution in [3.8, 4) is 0 Å². The van der Waals surface area contributed by atoms with Gasteiger partial charge in [-0.1, -0.05) is 42.5 Å². The molecular weight excluding hydrogens is 398 g/mol. The monoisotopic (exact) mass is 419 g/mol. The molecule has 4 aromatic rings. The van der Waals surface area contributed by atoms with Crippen LogP contribution in [0.1, 0.15) is 18.1 Å². The zero-order valence-electron chi connectivity index (χ0n) is 16.1. The minimum Gasteiger partial charge on any atom is -0.283 e. The van der Waals surface area contributed by atoms with Gasteiger partial charge in [0.05, 0.1) is 23.2 Å². The number of amides is 1. The highest BCUT2D eigenvalue weighted by Crippen LogP contribution is 2.30. The highest BCUT2D eigenvalue weighted by Gasteiger charge is 2.20. The van der Waals surface area contributed by atoms with Gasteiger partial charge in [-0.05, 0) is 53.3 Å². The van der Waals surface area contributed by atoms with E-state index in [9.17, 15) is 4.79 Å². The number of benzene rings is 2. The van der Waals surface area contributed by atoms with Crippen LogP contribution in [0, 0.1) is 0 Å². The third-order valence-electron chi connectivity index (χ3n) is 4.49. The van der Waals surface area contributed by atoms with E-state index in [2.05, 4.69) is 24.0 Å². The number of hydrogen-bond acceptors (Lipinski definition) is 5. The summed E-state index contributed by atoms with van der Waals surface area (Å²) in [5, 5.41) is 0.728. The van der Waals surface area contributed by atoms with Crippen LogP contribution in [0.3, 0.4) is 0 Å². The molecule has 2 aromatic carbocycles. The maximum Gasteiger partial charge on any atom is 0.233 e. The summed E-state index contributed by atoms with van der Waals surface area (Å²) in [7, 11) is 0.